The molecule has 20 heavy (non-hydrogen) atoms. The number of carbonyl (C=O) groups excluding carboxylic acids is 1. The largest absolute Gasteiger partial charge is 0.272 e. The fourth-order valence-corrected chi connectivity index (χ4v) is 1.99. The third-order valence-electron chi connectivity index (χ3n) is 2.26. The molecule has 4 nitrogen and oxygen atoms in total. The van der Waals surface area contributed by atoms with E-state index in [-0.39, 0.29) is 17.5 Å². The molecule has 1 amide bonds. The summed E-state index contributed by atoms with van der Waals surface area (Å²) in [5, 5.41) is 4.59. The molecule has 0 saturated carbocycles. The van der Waals surface area contributed by atoms with Gasteiger partial charge in [-0.25, -0.2) is 14.8 Å². The number of carbonyl (C=O) groups is 1. The number of benzene rings is 1. The molecule has 0 bridgehead atoms. The molecular formula is C14H12FN3OS. The standard InChI is InChI=1S/C14H12FN3OS/c15-12-6-4-11(5-7-12)9-17-18-13(19)10-20-14-3-1-2-8-16-14/h1-9H,10H2,(H,18,19)/b17-9-. The zero-order valence-corrected chi connectivity index (χ0v) is 11.3. The van der Waals surface area contributed by atoms with E-state index >= 15 is 0 Å². The second kappa shape index (κ2) is 7.40. The third-order valence-corrected chi connectivity index (χ3v) is 3.21. The van der Waals surface area contributed by atoms with E-state index in [1.807, 2.05) is 18.2 Å². The Bertz CT molecular complexity index is 587. The second-order valence-corrected chi connectivity index (χ2v) is 4.80. The summed E-state index contributed by atoms with van der Waals surface area (Å²) in [4.78, 5) is 15.6. The number of amides is 1. The Kier molecular flexibility index (Phi) is 5.25. The van der Waals surface area contributed by atoms with Crippen molar-refractivity contribution in [3.8, 4) is 0 Å². The molecule has 0 radical (unpaired) electrons. The van der Waals surface area contributed by atoms with Crippen LogP contribution in [0.2, 0.25) is 0 Å². The first-order valence-electron chi connectivity index (χ1n) is 5.85. The lowest BCUT2D eigenvalue weighted by atomic mass is 10.2. The van der Waals surface area contributed by atoms with Crippen molar-refractivity contribution in [2.45, 2.75) is 5.03 Å². The zero-order valence-electron chi connectivity index (χ0n) is 10.5. The summed E-state index contributed by atoms with van der Waals surface area (Å²) in [7, 11) is 0. The van der Waals surface area contributed by atoms with E-state index in [2.05, 4.69) is 15.5 Å². The fraction of sp³-hybridized carbons (Fsp3) is 0.0714. The van der Waals surface area contributed by atoms with Crippen LogP contribution in [0.25, 0.3) is 0 Å². The highest BCUT2D eigenvalue weighted by atomic mass is 32.2. The fourth-order valence-electron chi connectivity index (χ4n) is 1.33. The Morgan fingerprint density at radius 3 is 2.80 bits per heavy atom. The Hall–Kier alpha value is -2.21. The maximum Gasteiger partial charge on any atom is 0.250 e. The molecule has 1 aromatic carbocycles. The predicted octanol–water partition coefficient (Wildman–Crippen LogP) is 2.46. The van der Waals surface area contributed by atoms with Gasteiger partial charge < -0.3 is 0 Å². The molecular weight excluding hydrogens is 277 g/mol. The molecule has 0 aliphatic rings. The molecule has 0 spiro atoms. The summed E-state index contributed by atoms with van der Waals surface area (Å²) in [5.74, 6) is -0.297. The van der Waals surface area contributed by atoms with E-state index in [9.17, 15) is 9.18 Å². The van der Waals surface area contributed by atoms with E-state index in [1.165, 1.54) is 30.1 Å². The molecule has 0 saturated heterocycles. The number of thioether (sulfide) groups is 1. The normalized spacial score (nSPS) is 10.7. The Labute approximate surface area is 120 Å². The van der Waals surface area contributed by atoms with Crippen molar-refractivity contribution in [2.75, 3.05) is 5.75 Å². The molecule has 6 heteroatoms. The van der Waals surface area contributed by atoms with Crippen molar-refractivity contribution in [3.05, 3.63) is 60.0 Å². The van der Waals surface area contributed by atoms with Gasteiger partial charge in [-0.05, 0) is 29.8 Å². The van der Waals surface area contributed by atoms with Gasteiger partial charge in [0.05, 0.1) is 17.0 Å². The number of nitrogens with one attached hydrogen (secondary N) is 1. The average molecular weight is 289 g/mol. The predicted molar refractivity (Wildman–Crippen MR) is 77.1 cm³/mol. The van der Waals surface area contributed by atoms with Crippen LogP contribution in [0.3, 0.4) is 0 Å². The van der Waals surface area contributed by atoms with Gasteiger partial charge in [0, 0.05) is 6.20 Å². The zero-order chi connectivity index (χ0) is 14.2. The molecule has 0 unspecified atom stereocenters. The van der Waals surface area contributed by atoms with Gasteiger partial charge in [-0.3, -0.25) is 4.79 Å². The van der Waals surface area contributed by atoms with Crippen LogP contribution in [-0.4, -0.2) is 22.9 Å². The van der Waals surface area contributed by atoms with E-state index in [4.69, 9.17) is 0 Å². The van der Waals surface area contributed by atoms with Gasteiger partial charge in [-0.1, -0.05) is 30.0 Å². The lowest BCUT2D eigenvalue weighted by Crippen LogP contribution is -2.19. The van der Waals surface area contributed by atoms with Gasteiger partial charge in [0.25, 0.3) is 0 Å². The number of hydrazone groups is 1. The van der Waals surface area contributed by atoms with Gasteiger partial charge in [0.15, 0.2) is 0 Å². The van der Waals surface area contributed by atoms with Crippen molar-refractivity contribution in [1.82, 2.24) is 10.4 Å². The molecule has 1 N–H and O–H groups in total. The Morgan fingerprint density at radius 1 is 1.30 bits per heavy atom. The maximum atomic E-state index is 12.7. The quantitative estimate of drug-likeness (QED) is 0.522. The molecule has 0 fully saturated rings. The van der Waals surface area contributed by atoms with E-state index < -0.39 is 0 Å². The first kappa shape index (κ1) is 14.2. The minimum absolute atomic E-state index is 0.223. The topological polar surface area (TPSA) is 54.4 Å². The number of aromatic nitrogens is 1. The average Bonchev–Trinajstić information content (AvgIpc) is 2.48. The summed E-state index contributed by atoms with van der Waals surface area (Å²) >= 11 is 1.33. The molecule has 2 rings (SSSR count). The number of rotatable bonds is 5. The molecule has 0 aliphatic heterocycles. The lowest BCUT2D eigenvalue weighted by Gasteiger charge is -1.99. The van der Waals surface area contributed by atoms with E-state index in [1.54, 1.807) is 18.3 Å². The van der Waals surface area contributed by atoms with Gasteiger partial charge in [0.2, 0.25) is 5.91 Å². The first-order valence-corrected chi connectivity index (χ1v) is 6.84. The molecule has 0 atom stereocenters. The van der Waals surface area contributed by atoms with Crippen molar-refractivity contribution < 1.29 is 9.18 Å². The SMILES string of the molecule is O=C(CSc1ccccn1)N/N=C\c1ccc(F)cc1. The summed E-state index contributed by atoms with van der Waals surface area (Å²) in [6.07, 6.45) is 3.13. The molecule has 2 aromatic rings. The number of halogens is 1. The minimum atomic E-state index is -0.307. The van der Waals surface area contributed by atoms with Crippen LogP contribution in [0.1, 0.15) is 5.56 Å². The maximum absolute atomic E-state index is 12.7. The second-order valence-electron chi connectivity index (χ2n) is 3.80. The van der Waals surface area contributed by atoms with E-state index in [0.29, 0.717) is 5.56 Å². The highest BCUT2D eigenvalue weighted by Crippen LogP contribution is 2.12. The van der Waals surface area contributed by atoms with Crippen LogP contribution in [-0.2, 0) is 4.79 Å². The van der Waals surface area contributed by atoms with Crippen molar-refractivity contribution in [3.63, 3.8) is 0 Å². The number of pyridine rings is 1. The highest BCUT2D eigenvalue weighted by molar-refractivity contribution is 7.99. The van der Waals surface area contributed by atoms with Crippen LogP contribution in [0.15, 0.2) is 58.8 Å². The van der Waals surface area contributed by atoms with E-state index in [0.717, 1.165) is 5.03 Å². The number of hydrogen-bond acceptors (Lipinski definition) is 4. The summed E-state index contributed by atoms with van der Waals surface area (Å²) in [6.45, 7) is 0. The van der Waals surface area contributed by atoms with Gasteiger partial charge in [-0.2, -0.15) is 5.10 Å². The van der Waals surface area contributed by atoms with Crippen LogP contribution < -0.4 is 5.43 Å². The van der Waals surface area contributed by atoms with Gasteiger partial charge in [0.1, 0.15) is 5.82 Å². The summed E-state index contributed by atoms with van der Waals surface area (Å²) < 4.78 is 12.7. The number of nitrogens with zero attached hydrogens (tertiary/aromatic N) is 2. The molecule has 102 valence electrons. The molecule has 1 aromatic heterocycles. The molecule has 0 aliphatic carbocycles. The van der Waals surface area contributed by atoms with Crippen LogP contribution in [0.4, 0.5) is 4.39 Å². The van der Waals surface area contributed by atoms with Gasteiger partial charge >= 0.3 is 0 Å². The number of hydrogen-bond donors (Lipinski definition) is 1. The summed E-state index contributed by atoms with van der Waals surface area (Å²) in [5.41, 5.74) is 3.12. The monoisotopic (exact) mass is 289 g/mol. The van der Waals surface area contributed by atoms with Gasteiger partial charge in [-0.15, -0.1) is 0 Å². The Morgan fingerprint density at radius 2 is 2.10 bits per heavy atom. The highest BCUT2D eigenvalue weighted by Gasteiger charge is 2.01. The molecule has 1 heterocycles. The third kappa shape index (κ3) is 4.81. The minimum Gasteiger partial charge on any atom is -0.272 e. The van der Waals surface area contributed by atoms with Crippen LogP contribution >= 0.6 is 11.8 Å². The smallest absolute Gasteiger partial charge is 0.250 e. The lowest BCUT2D eigenvalue weighted by molar-refractivity contribution is -0.118. The first-order chi connectivity index (χ1) is 9.74. The van der Waals surface area contributed by atoms with Crippen molar-refractivity contribution in [1.29, 1.82) is 0 Å². The summed E-state index contributed by atoms with van der Waals surface area (Å²) in [6, 6.07) is 11.3. The van der Waals surface area contributed by atoms with Crippen LogP contribution in [0, 0.1) is 5.82 Å². The Balaban J connectivity index is 1.76. The van der Waals surface area contributed by atoms with Crippen molar-refractivity contribution >= 4 is 23.9 Å². The van der Waals surface area contributed by atoms with Crippen molar-refractivity contribution in [2.24, 2.45) is 5.10 Å². The van der Waals surface area contributed by atoms with Crippen LogP contribution in [0.5, 0.6) is 0 Å².